The Hall–Kier alpha value is -3.07. The maximum Gasteiger partial charge on any atom is 0.341 e. The number of hydrogen-bond donors (Lipinski definition) is 1. The summed E-state index contributed by atoms with van der Waals surface area (Å²) in [5, 5.41) is 17.2. The van der Waals surface area contributed by atoms with Crippen LogP contribution >= 0.6 is 11.6 Å². The smallest absolute Gasteiger partial charge is 0.341 e. The molecule has 0 amide bonds. The summed E-state index contributed by atoms with van der Waals surface area (Å²) in [6.07, 6.45) is 1.90. The Morgan fingerprint density at radius 2 is 1.92 bits per heavy atom. The van der Waals surface area contributed by atoms with Crippen LogP contribution in [0.15, 0.2) is 47.5 Å². The van der Waals surface area contributed by atoms with E-state index in [2.05, 4.69) is 10.2 Å². The highest BCUT2D eigenvalue weighted by molar-refractivity contribution is 6.30. The van der Waals surface area contributed by atoms with Crippen molar-refractivity contribution in [3.05, 3.63) is 63.7 Å². The van der Waals surface area contributed by atoms with Gasteiger partial charge in [-0.2, -0.15) is 23.7 Å². The van der Waals surface area contributed by atoms with Gasteiger partial charge in [0, 0.05) is 10.6 Å². The summed E-state index contributed by atoms with van der Waals surface area (Å²) in [6, 6.07) is 7.44. The highest BCUT2D eigenvalue weighted by atomic mass is 35.5. The van der Waals surface area contributed by atoms with Crippen LogP contribution in [-0.4, -0.2) is 30.6 Å². The number of alkyl halides is 2. The number of carbonyl (C=O) groups is 1. The summed E-state index contributed by atoms with van der Waals surface area (Å²) in [5.74, 6) is -1.46. The Balaban J connectivity index is 2.21. The second-order valence-corrected chi connectivity index (χ2v) is 5.36. The summed E-state index contributed by atoms with van der Waals surface area (Å²) < 4.78 is 26.4. The second-order valence-electron chi connectivity index (χ2n) is 4.93. The van der Waals surface area contributed by atoms with Crippen LogP contribution in [0.1, 0.15) is 16.9 Å². The molecule has 3 aromatic rings. The normalized spacial score (nSPS) is 11.0. The van der Waals surface area contributed by atoms with Gasteiger partial charge in [-0.05, 0) is 18.2 Å². The Morgan fingerprint density at radius 1 is 1.24 bits per heavy atom. The van der Waals surface area contributed by atoms with Crippen molar-refractivity contribution >= 4 is 17.6 Å². The average Bonchev–Trinajstić information content (AvgIpc) is 3.05. The van der Waals surface area contributed by atoms with E-state index in [0.717, 1.165) is 23.1 Å². The fraction of sp³-hybridized carbons (Fsp3) is 0.0667. The maximum atomic E-state index is 12.7. The van der Waals surface area contributed by atoms with E-state index in [1.165, 1.54) is 0 Å². The van der Waals surface area contributed by atoms with Gasteiger partial charge in [0.15, 0.2) is 0 Å². The van der Waals surface area contributed by atoms with Gasteiger partial charge in [0.2, 0.25) is 0 Å². The number of nitrogens with zero attached hydrogens (tertiary/aromatic N) is 4. The molecule has 0 unspecified atom stereocenters. The van der Waals surface area contributed by atoms with Crippen LogP contribution in [0.5, 0.6) is 0 Å². The molecule has 0 radical (unpaired) electrons. The molecule has 1 aromatic carbocycles. The Kier molecular flexibility index (Phi) is 4.32. The molecule has 2 heterocycles. The SMILES string of the molecule is O=C(O)c1cc(-c2ccc(Cl)cc2)nn(-c2cnn(C(F)F)c2)c1=O. The zero-order chi connectivity index (χ0) is 18.1. The Morgan fingerprint density at radius 3 is 2.48 bits per heavy atom. The van der Waals surface area contributed by atoms with E-state index in [0.29, 0.717) is 15.3 Å². The number of aromatic nitrogens is 4. The molecule has 7 nitrogen and oxygen atoms in total. The van der Waals surface area contributed by atoms with Gasteiger partial charge in [-0.1, -0.05) is 23.7 Å². The summed E-state index contributed by atoms with van der Waals surface area (Å²) in [6.45, 7) is -2.90. The second kappa shape index (κ2) is 6.44. The van der Waals surface area contributed by atoms with E-state index in [-0.39, 0.29) is 11.4 Å². The molecule has 10 heteroatoms. The van der Waals surface area contributed by atoms with Crippen LogP contribution in [0.2, 0.25) is 5.02 Å². The third-order valence-corrected chi connectivity index (χ3v) is 3.57. The molecule has 2 aromatic heterocycles. The number of benzene rings is 1. The molecule has 0 aliphatic rings. The fourth-order valence-corrected chi connectivity index (χ4v) is 2.25. The minimum atomic E-state index is -2.90. The number of carboxylic acid groups (broad SMARTS) is 1. The van der Waals surface area contributed by atoms with Crippen molar-refractivity contribution in [2.45, 2.75) is 6.55 Å². The molecule has 0 atom stereocenters. The largest absolute Gasteiger partial charge is 0.477 e. The zero-order valence-electron chi connectivity index (χ0n) is 12.3. The first-order valence-corrected chi connectivity index (χ1v) is 7.21. The first-order valence-electron chi connectivity index (χ1n) is 6.83. The lowest BCUT2D eigenvalue weighted by Crippen LogP contribution is -2.27. The fourth-order valence-electron chi connectivity index (χ4n) is 2.13. The lowest BCUT2D eigenvalue weighted by Gasteiger charge is -2.07. The number of hydrogen-bond acceptors (Lipinski definition) is 4. The molecular formula is C15H9ClF2N4O3. The van der Waals surface area contributed by atoms with Crippen molar-refractivity contribution in [3.8, 4) is 16.9 Å². The number of aromatic carboxylic acids is 1. The van der Waals surface area contributed by atoms with Crippen molar-refractivity contribution in [1.82, 2.24) is 19.6 Å². The molecule has 0 spiro atoms. The van der Waals surface area contributed by atoms with E-state index < -0.39 is 23.6 Å². The van der Waals surface area contributed by atoms with E-state index in [1.807, 2.05) is 0 Å². The summed E-state index contributed by atoms with van der Waals surface area (Å²) in [7, 11) is 0. The molecule has 3 rings (SSSR count). The van der Waals surface area contributed by atoms with Crippen molar-refractivity contribution in [3.63, 3.8) is 0 Å². The van der Waals surface area contributed by atoms with Gasteiger partial charge in [0.1, 0.15) is 11.3 Å². The number of rotatable bonds is 4. The van der Waals surface area contributed by atoms with E-state index >= 15 is 0 Å². The van der Waals surface area contributed by atoms with Crippen molar-refractivity contribution in [1.29, 1.82) is 0 Å². The monoisotopic (exact) mass is 366 g/mol. The van der Waals surface area contributed by atoms with Crippen LogP contribution < -0.4 is 5.56 Å². The molecule has 128 valence electrons. The molecule has 0 aliphatic heterocycles. The molecular weight excluding hydrogens is 358 g/mol. The van der Waals surface area contributed by atoms with Crippen molar-refractivity contribution < 1.29 is 18.7 Å². The molecule has 0 bridgehead atoms. The third kappa shape index (κ3) is 3.26. The third-order valence-electron chi connectivity index (χ3n) is 3.31. The van der Waals surface area contributed by atoms with Gasteiger partial charge in [0.25, 0.3) is 5.56 Å². The van der Waals surface area contributed by atoms with Crippen LogP contribution in [0, 0.1) is 0 Å². The first kappa shape index (κ1) is 16.8. The predicted octanol–water partition coefficient (Wildman–Crippen LogP) is 2.84. The predicted molar refractivity (Wildman–Crippen MR) is 84.3 cm³/mol. The summed E-state index contributed by atoms with van der Waals surface area (Å²) >= 11 is 5.81. The van der Waals surface area contributed by atoms with Crippen LogP contribution in [0.25, 0.3) is 16.9 Å². The van der Waals surface area contributed by atoms with E-state index in [1.54, 1.807) is 24.3 Å². The summed E-state index contributed by atoms with van der Waals surface area (Å²) in [5.41, 5.74) is -0.923. The van der Waals surface area contributed by atoms with Gasteiger partial charge >= 0.3 is 12.5 Å². The number of carboxylic acids is 1. The number of halogens is 3. The van der Waals surface area contributed by atoms with Crippen LogP contribution in [0.4, 0.5) is 8.78 Å². The molecule has 0 fully saturated rings. The highest BCUT2D eigenvalue weighted by Gasteiger charge is 2.18. The maximum absolute atomic E-state index is 12.7. The minimum Gasteiger partial charge on any atom is -0.477 e. The lowest BCUT2D eigenvalue weighted by molar-refractivity contribution is 0.0565. The van der Waals surface area contributed by atoms with Crippen molar-refractivity contribution in [2.75, 3.05) is 0 Å². The molecule has 0 saturated heterocycles. The van der Waals surface area contributed by atoms with Crippen LogP contribution in [0.3, 0.4) is 0 Å². The van der Waals surface area contributed by atoms with Gasteiger partial charge in [-0.25, -0.2) is 9.48 Å². The minimum absolute atomic E-state index is 0.0800. The van der Waals surface area contributed by atoms with E-state index in [9.17, 15) is 23.5 Å². The molecule has 0 aliphatic carbocycles. The van der Waals surface area contributed by atoms with Gasteiger partial charge < -0.3 is 5.11 Å². The van der Waals surface area contributed by atoms with Gasteiger partial charge in [-0.15, -0.1) is 0 Å². The quantitative estimate of drug-likeness (QED) is 0.766. The van der Waals surface area contributed by atoms with E-state index in [4.69, 9.17) is 11.6 Å². The highest BCUT2D eigenvalue weighted by Crippen LogP contribution is 2.20. The standard InChI is InChI=1S/C15H9ClF2N4O3/c16-9-3-1-8(2-4-9)12-5-11(14(24)25)13(23)22(20-12)10-6-19-21(7-10)15(17)18/h1-7,15H,(H,24,25). The van der Waals surface area contributed by atoms with Crippen molar-refractivity contribution in [2.24, 2.45) is 0 Å². The average molecular weight is 367 g/mol. The van der Waals surface area contributed by atoms with Gasteiger partial charge in [0.05, 0.1) is 18.1 Å². The Labute approximate surface area is 143 Å². The lowest BCUT2D eigenvalue weighted by atomic mass is 10.1. The Bertz CT molecular complexity index is 999. The van der Waals surface area contributed by atoms with Crippen LogP contribution in [-0.2, 0) is 0 Å². The first-order chi connectivity index (χ1) is 11.9. The molecule has 0 saturated carbocycles. The topological polar surface area (TPSA) is 90.0 Å². The zero-order valence-corrected chi connectivity index (χ0v) is 13.1. The molecule has 25 heavy (non-hydrogen) atoms. The van der Waals surface area contributed by atoms with Gasteiger partial charge in [-0.3, -0.25) is 4.79 Å². The molecule has 1 N–H and O–H groups in total. The summed E-state index contributed by atoms with van der Waals surface area (Å²) in [4.78, 5) is 23.7.